The molecule has 0 aliphatic heterocycles. The summed E-state index contributed by atoms with van der Waals surface area (Å²) in [4.78, 5) is 0.112. The summed E-state index contributed by atoms with van der Waals surface area (Å²) in [7, 11) is -3.26. The second kappa shape index (κ2) is 6.57. The first-order valence-electron chi connectivity index (χ1n) is 6.05. The van der Waals surface area contributed by atoms with Crippen molar-refractivity contribution in [1.29, 1.82) is 0 Å². The highest BCUT2D eigenvalue weighted by molar-refractivity contribution is 9.09. The van der Waals surface area contributed by atoms with Crippen molar-refractivity contribution in [1.82, 2.24) is 0 Å². The van der Waals surface area contributed by atoms with E-state index in [4.69, 9.17) is 0 Å². The summed E-state index contributed by atoms with van der Waals surface area (Å²) in [6.45, 7) is 6.01. The van der Waals surface area contributed by atoms with Gasteiger partial charge in [-0.05, 0) is 30.9 Å². The smallest absolute Gasteiger partial charge is 0.232 e. The van der Waals surface area contributed by atoms with E-state index < -0.39 is 10.0 Å². The number of sulfonamides is 1. The summed E-state index contributed by atoms with van der Waals surface area (Å²) in [6.07, 6.45) is 0.668. The maximum atomic E-state index is 12.0. The lowest BCUT2D eigenvalue weighted by atomic mass is 10.1. The molecule has 0 aliphatic rings. The van der Waals surface area contributed by atoms with E-state index in [1.54, 1.807) is 6.07 Å². The summed E-state index contributed by atoms with van der Waals surface area (Å²) in [6, 6.07) is 7.44. The molecule has 1 N–H and O–H groups in total. The molecule has 1 atom stereocenters. The Hall–Kier alpha value is -0.550. The van der Waals surface area contributed by atoms with E-state index in [9.17, 15) is 8.42 Å². The molecule has 0 spiro atoms. The highest BCUT2D eigenvalue weighted by Crippen LogP contribution is 2.29. The molecule has 0 aliphatic carbocycles. The molecule has 1 unspecified atom stereocenters. The van der Waals surface area contributed by atoms with Gasteiger partial charge in [-0.25, -0.2) is 8.42 Å². The van der Waals surface area contributed by atoms with E-state index in [0.29, 0.717) is 18.0 Å². The molecule has 1 aromatic carbocycles. The van der Waals surface area contributed by atoms with Crippen LogP contribution in [0.1, 0.15) is 37.6 Å². The first kappa shape index (κ1) is 15.5. The molecule has 0 bridgehead atoms. The van der Waals surface area contributed by atoms with Crippen LogP contribution in [0.15, 0.2) is 24.3 Å². The molecule has 0 saturated heterocycles. The predicted molar refractivity (Wildman–Crippen MR) is 80.6 cm³/mol. The third-order valence-electron chi connectivity index (χ3n) is 2.62. The molecule has 18 heavy (non-hydrogen) atoms. The summed E-state index contributed by atoms with van der Waals surface area (Å²) in [5, 5.41) is 0. The molecule has 0 radical (unpaired) electrons. The Morgan fingerprint density at radius 3 is 2.39 bits per heavy atom. The summed E-state index contributed by atoms with van der Waals surface area (Å²) in [5.74, 6) is 0.544. The second-order valence-corrected chi connectivity index (χ2v) is 8.02. The van der Waals surface area contributed by atoms with E-state index in [1.165, 1.54) is 0 Å². The van der Waals surface area contributed by atoms with Crippen LogP contribution in [-0.4, -0.2) is 14.2 Å². The van der Waals surface area contributed by atoms with Gasteiger partial charge in [0.1, 0.15) is 0 Å². The zero-order valence-electron chi connectivity index (χ0n) is 11.0. The SMILES string of the molecule is CC(C)CCS(=O)(=O)Nc1ccccc1C(C)Br. The van der Waals surface area contributed by atoms with Crippen LogP contribution < -0.4 is 4.72 Å². The number of hydrogen-bond donors (Lipinski definition) is 1. The minimum Gasteiger partial charge on any atom is -0.283 e. The number of nitrogens with one attached hydrogen (secondary N) is 1. The number of alkyl halides is 1. The standard InChI is InChI=1S/C13H20BrNO2S/c1-10(2)8-9-18(16,17)15-13-7-5-4-6-12(13)11(3)14/h4-7,10-11,15H,8-9H2,1-3H3. The van der Waals surface area contributed by atoms with Crippen LogP contribution in [-0.2, 0) is 10.0 Å². The summed E-state index contributed by atoms with van der Waals surface area (Å²) in [5.41, 5.74) is 1.61. The van der Waals surface area contributed by atoms with E-state index in [0.717, 1.165) is 5.56 Å². The van der Waals surface area contributed by atoms with Crippen LogP contribution in [0.4, 0.5) is 5.69 Å². The van der Waals surface area contributed by atoms with Crippen molar-refractivity contribution < 1.29 is 8.42 Å². The largest absolute Gasteiger partial charge is 0.283 e. The molecule has 0 heterocycles. The first-order valence-corrected chi connectivity index (χ1v) is 8.62. The van der Waals surface area contributed by atoms with Gasteiger partial charge in [0.05, 0.1) is 11.4 Å². The number of para-hydroxylation sites is 1. The predicted octanol–water partition coefficient (Wildman–Crippen LogP) is 3.93. The maximum absolute atomic E-state index is 12.0. The number of halogens is 1. The molecule has 0 aromatic heterocycles. The zero-order valence-corrected chi connectivity index (χ0v) is 13.4. The van der Waals surface area contributed by atoms with Gasteiger partial charge >= 0.3 is 0 Å². The third-order valence-corrected chi connectivity index (χ3v) is 4.42. The van der Waals surface area contributed by atoms with Gasteiger partial charge in [0.15, 0.2) is 0 Å². The Morgan fingerprint density at radius 2 is 1.83 bits per heavy atom. The fourth-order valence-corrected chi connectivity index (χ4v) is 3.35. The Bertz CT molecular complexity index is 484. The average Bonchev–Trinajstić information content (AvgIpc) is 2.26. The highest BCUT2D eigenvalue weighted by atomic mass is 79.9. The van der Waals surface area contributed by atoms with Crippen molar-refractivity contribution in [3.8, 4) is 0 Å². The molecule has 3 nitrogen and oxygen atoms in total. The van der Waals surface area contributed by atoms with Crippen LogP contribution in [0.25, 0.3) is 0 Å². The van der Waals surface area contributed by atoms with Crippen molar-refractivity contribution in [2.45, 2.75) is 32.0 Å². The molecule has 0 fully saturated rings. The van der Waals surface area contributed by atoms with Crippen LogP contribution in [0.3, 0.4) is 0 Å². The monoisotopic (exact) mass is 333 g/mol. The van der Waals surface area contributed by atoms with Crippen LogP contribution in [0.2, 0.25) is 0 Å². The maximum Gasteiger partial charge on any atom is 0.232 e. The fraction of sp³-hybridized carbons (Fsp3) is 0.538. The summed E-state index contributed by atoms with van der Waals surface area (Å²) < 4.78 is 26.6. The van der Waals surface area contributed by atoms with Crippen LogP contribution >= 0.6 is 15.9 Å². The van der Waals surface area contributed by atoms with Gasteiger partial charge < -0.3 is 0 Å². The average molecular weight is 334 g/mol. The van der Waals surface area contributed by atoms with Crippen molar-refractivity contribution in [2.24, 2.45) is 5.92 Å². The number of hydrogen-bond acceptors (Lipinski definition) is 2. The van der Waals surface area contributed by atoms with E-state index in [-0.39, 0.29) is 10.6 Å². The lowest BCUT2D eigenvalue weighted by Gasteiger charge is -2.14. The van der Waals surface area contributed by atoms with Gasteiger partial charge in [0.25, 0.3) is 0 Å². The molecule has 1 aromatic rings. The minimum atomic E-state index is -3.26. The van der Waals surface area contributed by atoms with Gasteiger partial charge in [0.2, 0.25) is 10.0 Å². The van der Waals surface area contributed by atoms with E-state index in [2.05, 4.69) is 20.7 Å². The number of rotatable bonds is 6. The van der Waals surface area contributed by atoms with Crippen LogP contribution in [0, 0.1) is 5.92 Å². The van der Waals surface area contributed by atoms with E-state index >= 15 is 0 Å². The Kier molecular flexibility index (Phi) is 5.66. The fourth-order valence-electron chi connectivity index (χ4n) is 1.55. The Morgan fingerprint density at radius 1 is 1.22 bits per heavy atom. The molecule has 0 saturated carbocycles. The lowest BCUT2D eigenvalue weighted by Crippen LogP contribution is -2.18. The molecule has 5 heteroatoms. The lowest BCUT2D eigenvalue weighted by molar-refractivity contribution is 0.578. The number of benzene rings is 1. The quantitative estimate of drug-likeness (QED) is 0.801. The number of anilines is 1. The molecule has 1 rings (SSSR count). The van der Waals surface area contributed by atoms with Crippen molar-refractivity contribution in [3.63, 3.8) is 0 Å². The van der Waals surface area contributed by atoms with Crippen molar-refractivity contribution >= 4 is 31.6 Å². The topological polar surface area (TPSA) is 46.2 Å². The summed E-state index contributed by atoms with van der Waals surface area (Å²) >= 11 is 3.47. The van der Waals surface area contributed by atoms with Gasteiger partial charge in [-0.1, -0.05) is 48.0 Å². The third kappa shape index (κ3) is 4.98. The molecular weight excluding hydrogens is 314 g/mol. The normalized spacial score (nSPS) is 13.6. The zero-order chi connectivity index (χ0) is 13.8. The van der Waals surface area contributed by atoms with Crippen molar-refractivity contribution in [2.75, 3.05) is 10.5 Å². The van der Waals surface area contributed by atoms with Gasteiger partial charge in [0, 0.05) is 4.83 Å². The molecular formula is C13H20BrNO2S. The van der Waals surface area contributed by atoms with Crippen LogP contribution in [0.5, 0.6) is 0 Å². The van der Waals surface area contributed by atoms with Gasteiger partial charge in [-0.15, -0.1) is 0 Å². The Balaban J connectivity index is 2.84. The molecule has 102 valence electrons. The van der Waals surface area contributed by atoms with Gasteiger partial charge in [-0.2, -0.15) is 0 Å². The van der Waals surface area contributed by atoms with Crippen molar-refractivity contribution in [3.05, 3.63) is 29.8 Å². The Labute approximate surface area is 118 Å². The highest BCUT2D eigenvalue weighted by Gasteiger charge is 2.15. The first-order chi connectivity index (χ1) is 8.32. The minimum absolute atomic E-state index is 0.112. The van der Waals surface area contributed by atoms with E-state index in [1.807, 2.05) is 39.0 Å². The molecule has 0 amide bonds. The van der Waals surface area contributed by atoms with Gasteiger partial charge in [-0.3, -0.25) is 4.72 Å². The second-order valence-electron chi connectivity index (χ2n) is 4.81.